The van der Waals surface area contributed by atoms with Crippen LogP contribution in [0.5, 0.6) is 0 Å². The van der Waals surface area contributed by atoms with Crippen molar-refractivity contribution in [3.8, 4) is 0 Å². The predicted octanol–water partition coefficient (Wildman–Crippen LogP) is -0.720. The molecule has 1 heterocycles. The largest absolute Gasteiger partial charge is 0.480 e. The first-order valence-electron chi connectivity index (χ1n) is 6.30. The first-order chi connectivity index (χ1) is 9.81. The third-order valence-corrected chi connectivity index (χ3v) is 2.92. The maximum absolute atomic E-state index is 11.9. The number of carbonyl (C=O) groups is 3. The van der Waals surface area contributed by atoms with Crippen LogP contribution in [0.15, 0.2) is 12.4 Å². The Kier molecular flexibility index (Phi) is 5.70. The third-order valence-electron chi connectivity index (χ3n) is 2.92. The Balaban J connectivity index is 2.58. The third kappa shape index (κ3) is 5.13. The number of imidazole rings is 1. The molecule has 9 heteroatoms. The lowest BCUT2D eigenvalue weighted by Crippen LogP contribution is -2.46. The lowest BCUT2D eigenvalue weighted by Gasteiger charge is -2.21. The van der Waals surface area contributed by atoms with Crippen molar-refractivity contribution in [1.82, 2.24) is 19.8 Å². The minimum absolute atomic E-state index is 0.0490. The molecule has 0 spiro atoms. The topological polar surface area (TPSA) is 131 Å². The van der Waals surface area contributed by atoms with Crippen LogP contribution in [-0.4, -0.2) is 50.6 Å². The number of aromatic nitrogens is 2. The van der Waals surface area contributed by atoms with Gasteiger partial charge >= 0.3 is 12.0 Å². The van der Waals surface area contributed by atoms with Crippen LogP contribution in [0.4, 0.5) is 4.79 Å². The summed E-state index contributed by atoms with van der Waals surface area (Å²) >= 11 is 0. The van der Waals surface area contributed by atoms with Crippen LogP contribution in [0, 0.1) is 0 Å². The van der Waals surface area contributed by atoms with E-state index in [9.17, 15) is 14.4 Å². The van der Waals surface area contributed by atoms with E-state index >= 15 is 0 Å². The van der Waals surface area contributed by atoms with Crippen LogP contribution in [0.3, 0.4) is 0 Å². The summed E-state index contributed by atoms with van der Waals surface area (Å²) < 4.78 is 1.76. The molecule has 1 unspecified atom stereocenters. The summed E-state index contributed by atoms with van der Waals surface area (Å²) in [6, 6.07) is -1.72. The summed E-state index contributed by atoms with van der Waals surface area (Å²) in [5.74, 6) is -1.16. The molecule has 0 bridgehead atoms. The van der Waals surface area contributed by atoms with Crippen LogP contribution in [0.1, 0.15) is 18.7 Å². The van der Waals surface area contributed by atoms with E-state index < -0.39 is 23.9 Å². The molecule has 1 rings (SSSR count). The summed E-state index contributed by atoms with van der Waals surface area (Å²) in [4.78, 5) is 39.1. The van der Waals surface area contributed by atoms with Crippen molar-refractivity contribution < 1.29 is 19.5 Å². The van der Waals surface area contributed by atoms with E-state index in [2.05, 4.69) is 10.3 Å². The van der Waals surface area contributed by atoms with Gasteiger partial charge in [0.25, 0.3) is 0 Å². The minimum Gasteiger partial charge on any atom is -0.480 e. The first-order valence-corrected chi connectivity index (χ1v) is 6.30. The molecule has 0 saturated carbocycles. The van der Waals surface area contributed by atoms with Crippen molar-refractivity contribution in [2.75, 3.05) is 7.05 Å². The molecule has 0 aliphatic heterocycles. The van der Waals surface area contributed by atoms with Crippen LogP contribution in [-0.2, 0) is 23.2 Å². The van der Waals surface area contributed by atoms with E-state index in [1.165, 1.54) is 11.9 Å². The molecule has 0 fully saturated rings. The summed E-state index contributed by atoms with van der Waals surface area (Å²) in [6.45, 7) is 0.234. The fraction of sp³-hybridized carbons (Fsp3) is 0.500. The molecule has 0 aromatic carbocycles. The van der Waals surface area contributed by atoms with E-state index in [1.807, 2.05) is 0 Å². The Morgan fingerprint density at radius 3 is 2.67 bits per heavy atom. The highest BCUT2D eigenvalue weighted by molar-refractivity contribution is 5.83. The SMILES string of the molecule is CN(Cc1nccn1C)C(=O)NC(CCC(N)=O)C(=O)O. The van der Waals surface area contributed by atoms with E-state index in [0.29, 0.717) is 5.82 Å². The fourth-order valence-corrected chi connectivity index (χ4v) is 1.64. The molecule has 3 amide bonds. The second kappa shape index (κ2) is 7.27. The van der Waals surface area contributed by atoms with Gasteiger partial charge in [0, 0.05) is 32.9 Å². The van der Waals surface area contributed by atoms with Crippen molar-refractivity contribution in [2.24, 2.45) is 12.8 Å². The first kappa shape index (κ1) is 16.5. The second-order valence-corrected chi connectivity index (χ2v) is 4.66. The van der Waals surface area contributed by atoms with Gasteiger partial charge < -0.3 is 25.6 Å². The molecule has 1 aromatic rings. The molecular formula is C12H19N5O4. The average molecular weight is 297 g/mol. The number of nitrogens with one attached hydrogen (secondary N) is 1. The number of urea groups is 1. The number of nitrogens with two attached hydrogens (primary N) is 1. The standard InChI is InChI=1S/C12H19N5O4/c1-16-6-5-14-10(16)7-17(2)12(21)15-8(11(19)20)3-4-9(13)18/h5-6,8H,3-4,7H2,1-2H3,(H2,13,18)(H,15,21)(H,19,20). The summed E-state index contributed by atoms with van der Waals surface area (Å²) in [7, 11) is 3.32. The van der Waals surface area contributed by atoms with Gasteiger partial charge in [-0.05, 0) is 6.42 Å². The zero-order valence-electron chi connectivity index (χ0n) is 11.9. The van der Waals surface area contributed by atoms with E-state index in [1.54, 1.807) is 24.0 Å². The van der Waals surface area contributed by atoms with Crippen LogP contribution in [0.25, 0.3) is 0 Å². The monoisotopic (exact) mass is 297 g/mol. The molecule has 0 radical (unpaired) electrons. The van der Waals surface area contributed by atoms with Gasteiger partial charge in [-0.3, -0.25) is 4.79 Å². The number of hydrogen-bond acceptors (Lipinski definition) is 4. The smallest absolute Gasteiger partial charge is 0.326 e. The zero-order valence-corrected chi connectivity index (χ0v) is 11.9. The summed E-state index contributed by atoms with van der Waals surface area (Å²) in [5, 5.41) is 11.4. The number of carboxylic acids is 1. The predicted molar refractivity (Wildman–Crippen MR) is 73.1 cm³/mol. The van der Waals surface area contributed by atoms with Gasteiger partial charge in [0.15, 0.2) is 0 Å². The van der Waals surface area contributed by atoms with E-state index in [0.717, 1.165) is 0 Å². The van der Waals surface area contributed by atoms with Gasteiger partial charge in [-0.1, -0.05) is 0 Å². The maximum Gasteiger partial charge on any atom is 0.326 e. The number of amides is 3. The zero-order chi connectivity index (χ0) is 16.0. The quantitative estimate of drug-likeness (QED) is 0.611. The fourth-order valence-electron chi connectivity index (χ4n) is 1.64. The van der Waals surface area contributed by atoms with Crippen molar-refractivity contribution in [1.29, 1.82) is 0 Å². The Bertz CT molecular complexity index is 527. The van der Waals surface area contributed by atoms with Crippen molar-refractivity contribution in [3.05, 3.63) is 18.2 Å². The molecule has 1 atom stereocenters. The Hall–Kier alpha value is -2.58. The molecule has 116 valence electrons. The molecule has 0 aliphatic rings. The van der Waals surface area contributed by atoms with Crippen LogP contribution in [0.2, 0.25) is 0 Å². The lowest BCUT2D eigenvalue weighted by atomic mass is 10.1. The second-order valence-electron chi connectivity index (χ2n) is 4.66. The summed E-state index contributed by atoms with van der Waals surface area (Å²) in [5.41, 5.74) is 4.97. The van der Waals surface area contributed by atoms with Gasteiger partial charge in [0.2, 0.25) is 5.91 Å². The van der Waals surface area contributed by atoms with E-state index in [-0.39, 0.29) is 19.4 Å². The summed E-state index contributed by atoms with van der Waals surface area (Å²) in [6.07, 6.45) is 3.19. The maximum atomic E-state index is 11.9. The molecule has 1 aromatic heterocycles. The van der Waals surface area contributed by atoms with Gasteiger partial charge in [0.1, 0.15) is 11.9 Å². The molecular weight excluding hydrogens is 278 g/mol. The van der Waals surface area contributed by atoms with Gasteiger partial charge in [0.05, 0.1) is 6.54 Å². The normalized spacial score (nSPS) is 11.7. The molecule has 4 N–H and O–H groups in total. The molecule has 0 aliphatic carbocycles. The highest BCUT2D eigenvalue weighted by Gasteiger charge is 2.22. The molecule has 9 nitrogen and oxygen atoms in total. The number of carboxylic acid groups (broad SMARTS) is 1. The highest BCUT2D eigenvalue weighted by Crippen LogP contribution is 2.02. The number of hydrogen-bond donors (Lipinski definition) is 3. The number of aryl methyl sites for hydroxylation is 1. The van der Waals surface area contributed by atoms with Gasteiger partial charge in [-0.2, -0.15) is 0 Å². The van der Waals surface area contributed by atoms with Crippen molar-refractivity contribution >= 4 is 17.9 Å². The Morgan fingerprint density at radius 1 is 1.52 bits per heavy atom. The average Bonchev–Trinajstić information content (AvgIpc) is 2.79. The Labute approximate surface area is 121 Å². The van der Waals surface area contributed by atoms with Crippen molar-refractivity contribution in [3.63, 3.8) is 0 Å². The minimum atomic E-state index is -1.21. The Morgan fingerprint density at radius 2 is 2.19 bits per heavy atom. The van der Waals surface area contributed by atoms with E-state index in [4.69, 9.17) is 10.8 Å². The van der Waals surface area contributed by atoms with Gasteiger partial charge in [-0.15, -0.1) is 0 Å². The van der Waals surface area contributed by atoms with Crippen LogP contribution >= 0.6 is 0 Å². The number of carbonyl (C=O) groups excluding carboxylic acids is 2. The number of rotatable bonds is 7. The number of primary amides is 1. The van der Waals surface area contributed by atoms with Crippen molar-refractivity contribution in [2.45, 2.75) is 25.4 Å². The number of aliphatic carboxylic acids is 1. The highest BCUT2D eigenvalue weighted by atomic mass is 16.4. The van der Waals surface area contributed by atoms with Gasteiger partial charge in [-0.25, -0.2) is 14.6 Å². The molecule has 21 heavy (non-hydrogen) atoms. The lowest BCUT2D eigenvalue weighted by molar-refractivity contribution is -0.139. The van der Waals surface area contributed by atoms with Crippen LogP contribution < -0.4 is 11.1 Å². The number of nitrogens with zero attached hydrogens (tertiary/aromatic N) is 3. The molecule has 0 saturated heterocycles.